The van der Waals surface area contributed by atoms with Crippen LogP contribution in [-0.2, 0) is 6.42 Å². The molecule has 1 heterocycles. The highest BCUT2D eigenvalue weighted by Crippen LogP contribution is 2.14. The molecular weight excluding hydrogens is 248 g/mol. The molecule has 1 saturated heterocycles. The van der Waals surface area contributed by atoms with Crippen LogP contribution in [0, 0.1) is 12.3 Å². The van der Waals surface area contributed by atoms with Gasteiger partial charge in [-0.25, -0.2) is 0 Å². The van der Waals surface area contributed by atoms with Crippen LogP contribution in [0.4, 0.5) is 0 Å². The smallest absolute Gasteiger partial charge is 0.119 e. The first-order chi connectivity index (χ1) is 9.81. The van der Waals surface area contributed by atoms with Gasteiger partial charge in [0.05, 0.1) is 13.7 Å². The lowest BCUT2D eigenvalue weighted by atomic mass is 10.1. The average Bonchev–Trinajstić information content (AvgIpc) is 2.50. The zero-order chi connectivity index (χ0) is 14.2. The van der Waals surface area contributed by atoms with Gasteiger partial charge in [0.1, 0.15) is 5.75 Å². The molecule has 0 N–H and O–H groups in total. The highest BCUT2D eigenvalue weighted by Gasteiger charge is 2.15. The number of nitrogens with zero attached hydrogens (tertiary/aromatic N) is 2. The molecule has 1 aliphatic rings. The summed E-state index contributed by atoms with van der Waals surface area (Å²) >= 11 is 0. The maximum absolute atomic E-state index is 5.35. The lowest BCUT2D eigenvalue weighted by molar-refractivity contribution is 0.143. The summed E-state index contributed by atoms with van der Waals surface area (Å²) in [6.45, 7) is 6.44. The SMILES string of the molecule is C#CCN1CCN(CCCc2cccc(OC)c2)CC1. The van der Waals surface area contributed by atoms with Crippen molar-refractivity contribution in [3.05, 3.63) is 29.8 Å². The molecule has 0 aromatic heterocycles. The highest BCUT2D eigenvalue weighted by atomic mass is 16.5. The van der Waals surface area contributed by atoms with E-state index in [1.165, 1.54) is 18.5 Å². The Morgan fingerprint density at radius 3 is 2.65 bits per heavy atom. The van der Waals surface area contributed by atoms with Crippen molar-refractivity contribution >= 4 is 0 Å². The number of benzene rings is 1. The predicted octanol–water partition coefficient (Wildman–Crippen LogP) is 1.88. The van der Waals surface area contributed by atoms with Gasteiger partial charge in [0.25, 0.3) is 0 Å². The van der Waals surface area contributed by atoms with Crippen molar-refractivity contribution in [2.24, 2.45) is 0 Å². The maximum atomic E-state index is 5.35. The fraction of sp³-hybridized carbons (Fsp3) is 0.529. The number of piperazine rings is 1. The predicted molar refractivity (Wildman–Crippen MR) is 83.0 cm³/mol. The quantitative estimate of drug-likeness (QED) is 0.735. The first kappa shape index (κ1) is 14.9. The second-order valence-electron chi connectivity index (χ2n) is 5.28. The Labute approximate surface area is 122 Å². The summed E-state index contributed by atoms with van der Waals surface area (Å²) in [4.78, 5) is 4.88. The summed E-state index contributed by atoms with van der Waals surface area (Å²) in [5.41, 5.74) is 1.36. The van der Waals surface area contributed by atoms with Gasteiger partial charge in [-0.15, -0.1) is 6.42 Å². The van der Waals surface area contributed by atoms with Crippen molar-refractivity contribution in [2.75, 3.05) is 46.4 Å². The number of methoxy groups -OCH3 is 1. The van der Waals surface area contributed by atoms with E-state index in [1.807, 2.05) is 6.07 Å². The highest BCUT2D eigenvalue weighted by molar-refractivity contribution is 5.28. The van der Waals surface area contributed by atoms with Crippen molar-refractivity contribution in [2.45, 2.75) is 12.8 Å². The normalized spacial score (nSPS) is 16.8. The van der Waals surface area contributed by atoms with E-state index in [4.69, 9.17) is 11.2 Å². The zero-order valence-electron chi connectivity index (χ0n) is 12.3. The van der Waals surface area contributed by atoms with Gasteiger partial charge in [0, 0.05) is 26.2 Å². The van der Waals surface area contributed by atoms with Gasteiger partial charge in [0.15, 0.2) is 0 Å². The molecule has 2 rings (SSSR count). The van der Waals surface area contributed by atoms with Crippen LogP contribution in [0.25, 0.3) is 0 Å². The summed E-state index contributed by atoms with van der Waals surface area (Å²) in [6, 6.07) is 8.36. The van der Waals surface area contributed by atoms with Gasteiger partial charge >= 0.3 is 0 Å². The Hall–Kier alpha value is -1.50. The minimum Gasteiger partial charge on any atom is -0.497 e. The van der Waals surface area contributed by atoms with Crippen molar-refractivity contribution < 1.29 is 4.74 Å². The molecule has 0 aliphatic carbocycles. The molecular formula is C17H24N2O. The fourth-order valence-corrected chi connectivity index (χ4v) is 2.63. The zero-order valence-corrected chi connectivity index (χ0v) is 12.3. The van der Waals surface area contributed by atoms with Crippen LogP contribution in [0.2, 0.25) is 0 Å². The number of rotatable bonds is 6. The van der Waals surface area contributed by atoms with Gasteiger partial charge in [-0.1, -0.05) is 18.1 Å². The second-order valence-corrected chi connectivity index (χ2v) is 5.28. The maximum Gasteiger partial charge on any atom is 0.119 e. The fourth-order valence-electron chi connectivity index (χ4n) is 2.63. The van der Waals surface area contributed by atoms with Crippen molar-refractivity contribution in [1.82, 2.24) is 9.80 Å². The largest absolute Gasteiger partial charge is 0.497 e. The number of ether oxygens (including phenoxy) is 1. The van der Waals surface area contributed by atoms with Crippen LogP contribution in [0.5, 0.6) is 5.75 Å². The van der Waals surface area contributed by atoms with Crippen LogP contribution in [0.15, 0.2) is 24.3 Å². The summed E-state index contributed by atoms with van der Waals surface area (Å²) < 4.78 is 5.25. The first-order valence-electron chi connectivity index (χ1n) is 7.33. The topological polar surface area (TPSA) is 15.7 Å². The third-order valence-corrected chi connectivity index (χ3v) is 3.85. The summed E-state index contributed by atoms with van der Waals surface area (Å²) in [5.74, 6) is 3.67. The lowest BCUT2D eigenvalue weighted by Crippen LogP contribution is -2.46. The third-order valence-electron chi connectivity index (χ3n) is 3.85. The minimum atomic E-state index is 0.789. The molecule has 0 saturated carbocycles. The second kappa shape index (κ2) is 7.94. The van der Waals surface area contributed by atoms with Crippen LogP contribution < -0.4 is 4.74 Å². The molecule has 0 amide bonds. The molecule has 1 aliphatic heterocycles. The van der Waals surface area contributed by atoms with E-state index < -0.39 is 0 Å². The Balaban J connectivity index is 1.67. The van der Waals surface area contributed by atoms with Crippen molar-refractivity contribution in [3.63, 3.8) is 0 Å². The molecule has 0 unspecified atom stereocenters. The molecule has 0 atom stereocenters. The Kier molecular flexibility index (Phi) is 5.91. The van der Waals surface area contributed by atoms with E-state index in [0.29, 0.717) is 0 Å². The standard InChI is InChI=1S/C17H24N2O/c1-3-9-18-11-13-19(14-12-18)10-5-7-16-6-4-8-17(15-16)20-2/h1,4,6,8,15H,5,7,9-14H2,2H3. The summed E-state index contributed by atoms with van der Waals surface area (Å²) in [6.07, 6.45) is 7.66. The molecule has 20 heavy (non-hydrogen) atoms. The molecule has 1 aromatic carbocycles. The number of aryl methyl sites for hydroxylation is 1. The molecule has 3 nitrogen and oxygen atoms in total. The third kappa shape index (κ3) is 4.56. The molecule has 1 fully saturated rings. The first-order valence-corrected chi connectivity index (χ1v) is 7.33. The number of terminal acetylenes is 1. The Morgan fingerprint density at radius 1 is 1.20 bits per heavy atom. The van der Waals surface area contributed by atoms with E-state index in [-0.39, 0.29) is 0 Å². The molecule has 1 aromatic rings. The molecule has 3 heteroatoms. The van der Waals surface area contributed by atoms with Crippen LogP contribution in [0.1, 0.15) is 12.0 Å². The molecule has 0 radical (unpaired) electrons. The average molecular weight is 272 g/mol. The van der Waals surface area contributed by atoms with Gasteiger partial charge < -0.3 is 9.64 Å². The van der Waals surface area contributed by atoms with Crippen LogP contribution in [-0.4, -0.2) is 56.2 Å². The number of hydrogen-bond donors (Lipinski definition) is 0. The van der Waals surface area contributed by atoms with Crippen LogP contribution in [0.3, 0.4) is 0 Å². The van der Waals surface area contributed by atoms with E-state index in [0.717, 1.165) is 44.9 Å². The molecule has 0 spiro atoms. The number of hydrogen-bond acceptors (Lipinski definition) is 3. The van der Waals surface area contributed by atoms with Crippen molar-refractivity contribution in [3.8, 4) is 18.1 Å². The minimum absolute atomic E-state index is 0.789. The van der Waals surface area contributed by atoms with Gasteiger partial charge in [-0.2, -0.15) is 0 Å². The van der Waals surface area contributed by atoms with E-state index in [9.17, 15) is 0 Å². The Morgan fingerprint density at radius 2 is 1.95 bits per heavy atom. The van der Waals surface area contributed by atoms with Gasteiger partial charge in [0.2, 0.25) is 0 Å². The molecule has 108 valence electrons. The van der Waals surface area contributed by atoms with Crippen LogP contribution >= 0.6 is 0 Å². The molecule has 0 bridgehead atoms. The van der Waals surface area contributed by atoms with E-state index in [1.54, 1.807) is 7.11 Å². The monoisotopic (exact) mass is 272 g/mol. The Bertz CT molecular complexity index is 445. The lowest BCUT2D eigenvalue weighted by Gasteiger charge is -2.33. The van der Waals surface area contributed by atoms with Crippen molar-refractivity contribution in [1.29, 1.82) is 0 Å². The van der Waals surface area contributed by atoms with E-state index in [2.05, 4.69) is 33.9 Å². The van der Waals surface area contributed by atoms with Gasteiger partial charge in [-0.3, -0.25) is 4.90 Å². The van der Waals surface area contributed by atoms with E-state index >= 15 is 0 Å². The summed E-state index contributed by atoms with van der Waals surface area (Å²) in [7, 11) is 1.72. The van der Waals surface area contributed by atoms with Gasteiger partial charge in [-0.05, 0) is 37.1 Å². The summed E-state index contributed by atoms with van der Waals surface area (Å²) in [5, 5.41) is 0.